The van der Waals surface area contributed by atoms with E-state index in [0.29, 0.717) is 5.92 Å². The van der Waals surface area contributed by atoms with Crippen LogP contribution < -0.4 is 5.32 Å². The van der Waals surface area contributed by atoms with Crippen LogP contribution in [-0.2, 0) is 0 Å². The molecule has 1 aromatic carbocycles. The Hall–Kier alpha value is -0.890. The third-order valence-corrected chi connectivity index (χ3v) is 4.86. The van der Waals surface area contributed by atoms with Crippen LogP contribution in [0.4, 0.5) is 4.39 Å². The van der Waals surface area contributed by atoms with Crippen LogP contribution in [0, 0.1) is 30.5 Å². The molecule has 3 atom stereocenters. The summed E-state index contributed by atoms with van der Waals surface area (Å²) < 4.78 is 14.6. The first kappa shape index (κ1) is 16.5. The zero-order valence-electron chi connectivity index (χ0n) is 14.0. The fourth-order valence-electron chi connectivity index (χ4n) is 4.02. The second-order valence-electron chi connectivity index (χ2n) is 7.09. The summed E-state index contributed by atoms with van der Waals surface area (Å²) in [5, 5.41) is 3.62. The lowest BCUT2D eigenvalue weighted by molar-refractivity contribution is 0.174. The summed E-state index contributed by atoms with van der Waals surface area (Å²) >= 11 is 0. The fourth-order valence-corrected chi connectivity index (χ4v) is 4.02. The first-order valence-corrected chi connectivity index (χ1v) is 8.51. The normalized spacial score (nSPS) is 27.6. The Bertz CT molecular complexity index is 447. The van der Waals surface area contributed by atoms with Crippen LogP contribution in [0.3, 0.4) is 0 Å². The van der Waals surface area contributed by atoms with Gasteiger partial charge in [0.25, 0.3) is 0 Å². The highest BCUT2D eigenvalue weighted by atomic mass is 19.1. The summed E-state index contributed by atoms with van der Waals surface area (Å²) in [6, 6.07) is 5.99. The van der Waals surface area contributed by atoms with Crippen molar-refractivity contribution in [2.45, 2.75) is 59.4 Å². The van der Waals surface area contributed by atoms with Crippen LogP contribution in [-0.4, -0.2) is 6.54 Å². The Balaban J connectivity index is 2.27. The standard InChI is InChI=1S/C19H30FN/c1-5-9-21-19(16-11-13(2)10-14(3)12-16)17-8-6-7-15(4)18(17)20/h6-8,13-14,16,19,21H,5,9-12H2,1-4H3. The molecule has 2 rings (SSSR count). The maximum Gasteiger partial charge on any atom is 0.130 e. The minimum absolute atomic E-state index is 0.0167. The Kier molecular flexibility index (Phi) is 5.80. The number of nitrogens with one attached hydrogen (secondary N) is 1. The predicted molar refractivity (Wildman–Crippen MR) is 87.8 cm³/mol. The van der Waals surface area contributed by atoms with Crippen molar-refractivity contribution in [3.63, 3.8) is 0 Å². The molecule has 0 saturated heterocycles. The van der Waals surface area contributed by atoms with Crippen molar-refractivity contribution >= 4 is 0 Å². The minimum Gasteiger partial charge on any atom is -0.310 e. The lowest BCUT2D eigenvalue weighted by Gasteiger charge is -2.37. The largest absolute Gasteiger partial charge is 0.310 e. The molecule has 0 radical (unpaired) electrons. The van der Waals surface area contributed by atoms with Gasteiger partial charge in [-0.15, -0.1) is 0 Å². The third-order valence-electron chi connectivity index (χ3n) is 4.86. The van der Waals surface area contributed by atoms with Crippen LogP contribution in [0.5, 0.6) is 0 Å². The zero-order valence-corrected chi connectivity index (χ0v) is 14.0. The highest BCUT2D eigenvalue weighted by molar-refractivity contribution is 5.28. The summed E-state index contributed by atoms with van der Waals surface area (Å²) in [6.45, 7) is 9.67. The molecule has 0 aromatic heterocycles. The maximum atomic E-state index is 14.6. The van der Waals surface area contributed by atoms with Gasteiger partial charge in [-0.3, -0.25) is 0 Å². The highest BCUT2D eigenvalue weighted by Gasteiger charge is 2.32. The summed E-state index contributed by atoms with van der Waals surface area (Å²) in [7, 11) is 0. The SMILES string of the molecule is CCCNC(c1cccc(C)c1F)C1CC(C)CC(C)C1. The fraction of sp³-hybridized carbons (Fsp3) is 0.684. The van der Waals surface area contributed by atoms with Crippen LogP contribution in [0.1, 0.15) is 63.6 Å². The molecule has 0 bridgehead atoms. The molecule has 118 valence electrons. The van der Waals surface area contributed by atoms with Crippen LogP contribution in [0.2, 0.25) is 0 Å². The Morgan fingerprint density at radius 3 is 2.48 bits per heavy atom. The Morgan fingerprint density at radius 1 is 1.19 bits per heavy atom. The molecular weight excluding hydrogens is 261 g/mol. The topological polar surface area (TPSA) is 12.0 Å². The smallest absolute Gasteiger partial charge is 0.130 e. The van der Waals surface area contributed by atoms with Crippen molar-refractivity contribution in [1.82, 2.24) is 5.32 Å². The maximum absolute atomic E-state index is 14.6. The second-order valence-corrected chi connectivity index (χ2v) is 7.09. The van der Waals surface area contributed by atoms with Gasteiger partial charge in [0.15, 0.2) is 0 Å². The number of rotatable bonds is 5. The minimum atomic E-state index is -0.0167. The molecule has 0 heterocycles. The summed E-state index contributed by atoms with van der Waals surface area (Å²) in [5.41, 5.74) is 1.63. The van der Waals surface area contributed by atoms with E-state index in [2.05, 4.69) is 26.1 Å². The number of halogens is 1. The molecule has 1 aliphatic rings. The molecule has 2 heteroatoms. The van der Waals surface area contributed by atoms with E-state index < -0.39 is 0 Å². The van der Waals surface area contributed by atoms with Crippen molar-refractivity contribution < 1.29 is 4.39 Å². The van der Waals surface area contributed by atoms with E-state index in [9.17, 15) is 4.39 Å². The van der Waals surface area contributed by atoms with Gasteiger partial charge in [0.05, 0.1) is 0 Å². The average Bonchev–Trinajstić information content (AvgIpc) is 2.42. The summed E-state index contributed by atoms with van der Waals surface area (Å²) in [4.78, 5) is 0. The lowest BCUT2D eigenvalue weighted by atomic mass is 9.72. The summed E-state index contributed by atoms with van der Waals surface area (Å²) in [6.07, 6.45) is 4.81. The molecule has 1 aliphatic carbocycles. The van der Waals surface area contributed by atoms with E-state index in [0.717, 1.165) is 35.9 Å². The molecule has 0 spiro atoms. The van der Waals surface area contributed by atoms with E-state index in [1.807, 2.05) is 25.1 Å². The molecule has 0 aliphatic heterocycles. The summed E-state index contributed by atoms with van der Waals surface area (Å²) in [5.74, 6) is 2.03. The van der Waals surface area contributed by atoms with E-state index in [1.54, 1.807) is 0 Å². The van der Waals surface area contributed by atoms with E-state index in [4.69, 9.17) is 0 Å². The van der Waals surface area contributed by atoms with Gasteiger partial charge in [0.2, 0.25) is 0 Å². The van der Waals surface area contributed by atoms with Gasteiger partial charge >= 0.3 is 0 Å². The van der Waals surface area contributed by atoms with E-state index in [1.165, 1.54) is 19.3 Å². The molecule has 1 aromatic rings. The van der Waals surface area contributed by atoms with Gasteiger partial charge in [0.1, 0.15) is 5.82 Å². The predicted octanol–water partition coefficient (Wildman–Crippen LogP) is 5.25. The monoisotopic (exact) mass is 291 g/mol. The number of hydrogen-bond donors (Lipinski definition) is 1. The highest BCUT2D eigenvalue weighted by Crippen LogP contribution is 2.40. The van der Waals surface area contributed by atoms with Gasteiger partial charge in [0, 0.05) is 11.6 Å². The molecule has 3 unspecified atom stereocenters. The average molecular weight is 291 g/mol. The molecule has 1 saturated carbocycles. The quantitative estimate of drug-likeness (QED) is 0.781. The van der Waals surface area contributed by atoms with Crippen molar-refractivity contribution in [2.75, 3.05) is 6.54 Å². The lowest BCUT2D eigenvalue weighted by Crippen LogP contribution is -2.34. The molecular formula is C19H30FN. The molecule has 0 amide bonds. The Labute approximate surface area is 129 Å². The van der Waals surface area contributed by atoms with Crippen molar-refractivity contribution in [3.8, 4) is 0 Å². The van der Waals surface area contributed by atoms with Gasteiger partial charge in [-0.05, 0) is 62.5 Å². The molecule has 1 fully saturated rings. The van der Waals surface area contributed by atoms with Crippen LogP contribution >= 0.6 is 0 Å². The van der Waals surface area contributed by atoms with Gasteiger partial charge < -0.3 is 5.32 Å². The van der Waals surface area contributed by atoms with Crippen molar-refractivity contribution in [1.29, 1.82) is 0 Å². The number of hydrogen-bond acceptors (Lipinski definition) is 1. The van der Waals surface area contributed by atoms with Crippen LogP contribution in [0.25, 0.3) is 0 Å². The number of aryl methyl sites for hydroxylation is 1. The van der Waals surface area contributed by atoms with Gasteiger partial charge in [-0.2, -0.15) is 0 Å². The molecule has 1 N–H and O–H groups in total. The molecule has 1 nitrogen and oxygen atoms in total. The van der Waals surface area contributed by atoms with E-state index >= 15 is 0 Å². The third kappa shape index (κ3) is 4.06. The second kappa shape index (κ2) is 7.40. The van der Waals surface area contributed by atoms with Gasteiger partial charge in [-0.25, -0.2) is 4.39 Å². The van der Waals surface area contributed by atoms with E-state index in [-0.39, 0.29) is 11.9 Å². The first-order valence-electron chi connectivity index (χ1n) is 8.51. The Morgan fingerprint density at radius 2 is 1.86 bits per heavy atom. The number of benzene rings is 1. The zero-order chi connectivity index (χ0) is 15.4. The van der Waals surface area contributed by atoms with Crippen molar-refractivity contribution in [3.05, 3.63) is 35.1 Å². The first-order chi connectivity index (χ1) is 10.0. The van der Waals surface area contributed by atoms with Crippen LogP contribution in [0.15, 0.2) is 18.2 Å². The van der Waals surface area contributed by atoms with Crippen molar-refractivity contribution in [2.24, 2.45) is 17.8 Å². The van der Waals surface area contributed by atoms with Gasteiger partial charge in [-0.1, -0.05) is 39.0 Å². The molecule has 21 heavy (non-hydrogen) atoms.